The third-order valence-corrected chi connectivity index (χ3v) is 4.13. The standard InChI is InChI=1S/C18H25NO2/c1-5-6-7-8-9-14-11-10-12(2)17-16(14)15(13(3)19-17)18(20)21-4/h10-11,19H,5-9H2,1-4H3. The zero-order valence-corrected chi connectivity index (χ0v) is 13.5. The number of aromatic amines is 1. The van der Waals surface area contributed by atoms with Crippen LogP contribution in [0.4, 0.5) is 0 Å². The van der Waals surface area contributed by atoms with Crippen LogP contribution in [0.2, 0.25) is 0 Å². The second-order valence-electron chi connectivity index (χ2n) is 5.72. The average Bonchev–Trinajstić information content (AvgIpc) is 2.83. The summed E-state index contributed by atoms with van der Waals surface area (Å²) in [6.07, 6.45) is 5.92. The summed E-state index contributed by atoms with van der Waals surface area (Å²) in [5.74, 6) is -0.251. The molecule has 0 bridgehead atoms. The Morgan fingerprint density at radius 1 is 1.19 bits per heavy atom. The summed E-state index contributed by atoms with van der Waals surface area (Å²) >= 11 is 0. The van der Waals surface area contributed by atoms with Crippen molar-refractivity contribution in [2.75, 3.05) is 7.11 Å². The van der Waals surface area contributed by atoms with Crippen molar-refractivity contribution in [2.45, 2.75) is 52.9 Å². The molecule has 1 heterocycles. The summed E-state index contributed by atoms with van der Waals surface area (Å²) in [5, 5.41) is 1.05. The zero-order chi connectivity index (χ0) is 15.4. The molecular weight excluding hydrogens is 262 g/mol. The van der Waals surface area contributed by atoms with E-state index in [4.69, 9.17) is 4.74 Å². The molecule has 1 aromatic carbocycles. The first-order chi connectivity index (χ1) is 10.1. The number of H-pyrrole nitrogens is 1. The maximum Gasteiger partial charge on any atom is 0.340 e. The largest absolute Gasteiger partial charge is 0.465 e. The number of ether oxygens (including phenoxy) is 1. The minimum Gasteiger partial charge on any atom is -0.465 e. The van der Waals surface area contributed by atoms with E-state index in [0.717, 1.165) is 29.4 Å². The lowest BCUT2D eigenvalue weighted by atomic mass is 9.97. The maximum atomic E-state index is 12.1. The molecule has 0 aliphatic rings. The molecule has 0 fully saturated rings. The Bertz CT molecular complexity index is 640. The second kappa shape index (κ2) is 6.79. The molecule has 0 amide bonds. The number of unbranched alkanes of at least 4 members (excludes halogenated alkanes) is 3. The molecule has 0 spiro atoms. The van der Waals surface area contributed by atoms with Crippen molar-refractivity contribution in [3.05, 3.63) is 34.5 Å². The highest BCUT2D eigenvalue weighted by molar-refractivity contribution is 6.07. The molecule has 2 aromatic rings. The van der Waals surface area contributed by atoms with Gasteiger partial charge >= 0.3 is 5.97 Å². The number of esters is 1. The van der Waals surface area contributed by atoms with E-state index < -0.39 is 0 Å². The monoisotopic (exact) mass is 287 g/mol. The lowest BCUT2D eigenvalue weighted by Gasteiger charge is -2.07. The number of carbonyl (C=O) groups excluding carboxylic acids is 1. The number of fused-ring (bicyclic) bond motifs is 1. The summed E-state index contributed by atoms with van der Waals surface area (Å²) in [6.45, 7) is 6.22. The first kappa shape index (κ1) is 15.6. The second-order valence-corrected chi connectivity index (χ2v) is 5.72. The quantitative estimate of drug-likeness (QED) is 0.618. The van der Waals surface area contributed by atoms with Crippen LogP contribution in [0.3, 0.4) is 0 Å². The Morgan fingerprint density at radius 3 is 2.62 bits per heavy atom. The van der Waals surface area contributed by atoms with Gasteiger partial charge < -0.3 is 9.72 Å². The number of benzene rings is 1. The summed E-state index contributed by atoms with van der Waals surface area (Å²) < 4.78 is 4.96. The minimum atomic E-state index is -0.251. The predicted molar refractivity (Wildman–Crippen MR) is 87.0 cm³/mol. The van der Waals surface area contributed by atoms with E-state index in [9.17, 15) is 4.79 Å². The Balaban J connectivity index is 2.45. The van der Waals surface area contributed by atoms with Gasteiger partial charge in [0.2, 0.25) is 0 Å². The Kier molecular flexibility index (Phi) is 5.05. The summed E-state index contributed by atoms with van der Waals surface area (Å²) in [6, 6.07) is 4.29. The van der Waals surface area contributed by atoms with Crippen molar-refractivity contribution in [3.8, 4) is 0 Å². The van der Waals surface area contributed by atoms with Crippen LogP contribution in [0.25, 0.3) is 10.9 Å². The van der Waals surface area contributed by atoms with Gasteiger partial charge in [0.05, 0.1) is 12.7 Å². The molecule has 0 aliphatic carbocycles. The molecule has 3 heteroatoms. The molecule has 114 valence electrons. The summed E-state index contributed by atoms with van der Waals surface area (Å²) in [7, 11) is 1.44. The molecule has 0 unspecified atom stereocenters. The van der Waals surface area contributed by atoms with E-state index in [1.54, 1.807) is 0 Å². The topological polar surface area (TPSA) is 42.1 Å². The molecule has 0 saturated heterocycles. The fourth-order valence-corrected chi connectivity index (χ4v) is 2.94. The van der Waals surface area contributed by atoms with Crippen molar-refractivity contribution in [3.63, 3.8) is 0 Å². The Morgan fingerprint density at radius 2 is 1.95 bits per heavy atom. The van der Waals surface area contributed by atoms with Gasteiger partial charge in [0.1, 0.15) is 0 Å². The SMILES string of the molecule is CCCCCCc1ccc(C)c2[nH]c(C)c(C(=O)OC)c12. The van der Waals surface area contributed by atoms with Gasteiger partial charge in [-0.2, -0.15) is 0 Å². The van der Waals surface area contributed by atoms with Crippen molar-refractivity contribution in [1.82, 2.24) is 4.98 Å². The van der Waals surface area contributed by atoms with E-state index >= 15 is 0 Å². The van der Waals surface area contributed by atoms with Crippen LogP contribution in [0.5, 0.6) is 0 Å². The van der Waals surface area contributed by atoms with Crippen LogP contribution in [0.15, 0.2) is 12.1 Å². The third kappa shape index (κ3) is 3.12. The van der Waals surface area contributed by atoms with Crippen LogP contribution < -0.4 is 0 Å². The number of carbonyl (C=O) groups is 1. The van der Waals surface area contributed by atoms with Crippen LogP contribution >= 0.6 is 0 Å². The third-order valence-electron chi connectivity index (χ3n) is 4.13. The molecule has 0 atom stereocenters. The van der Waals surface area contributed by atoms with Gasteiger partial charge in [0.15, 0.2) is 0 Å². The van der Waals surface area contributed by atoms with E-state index in [1.165, 1.54) is 37.5 Å². The lowest BCUT2D eigenvalue weighted by molar-refractivity contribution is 0.0602. The van der Waals surface area contributed by atoms with Gasteiger partial charge in [-0.1, -0.05) is 38.3 Å². The van der Waals surface area contributed by atoms with E-state index in [1.807, 2.05) is 6.92 Å². The molecule has 3 nitrogen and oxygen atoms in total. The van der Waals surface area contributed by atoms with Crippen LogP contribution in [0, 0.1) is 13.8 Å². The zero-order valence-electron chi connectivity index (χ0n) is 13.5. The smallest absolute Gasteiger partial charge is 0.340 e. The maximum absolute atomic E-state index is 12.1. The number of rotatable bonds is 6. The highest BCUT2D eigenvalue weighted by Crippen LogP contribution is 2.30. The minimum absolute atomic E-state index is 0.251. The van der Waals surface area contributed by atoms with Gasteiger partial charge in [0, 0.05) is 16.6 Å². The number of methoxy groups -OCH3 is 1. The van der Waals surface area contributed by atoms with Crippen LogP contribution in [-0.4, -0.2) is 18.1 Å². The normalized spacial score (nSPS) is 11.0. The van der Waals surface area contributed by atoms with E-state index in [2.05, 4.69) is 31.0 Å². The van der Waals surface area contributed by atoms with Crippen molar-refractivity contribution in [1.29, 1.82) is 0 Å². The average molecular weight is 287 g/mol. The molecule has 0 saturated carbocycles. The fourth-order valence-electron chi connectivity index (χ4n) is 2.94. The van der Waals surface area contributed by atoms with Gasteiger partial charge in [-0.25, -0.2) is 4.79 Å². The highest BCUT2D eigenvalue weighted by atomic mass is 16.5. The molecule has 1 N–H and O–H groups in total. The molecule has 0 aliphatic heterocycles. The number of aromatic nitrogens is 1. The van der Waals surface area contributed by atoms with Crippen LogP contribution in [-0.2, 0) is 11.2 Å². The van der Waals surface area contributed by atoms with E-state index in [0.29, 0.717) is 5.56 Å². The molecule has 0 radical (unpaired) electrons. The first-order valence-electron chi connectivity index (χ1n) is 7.79. The molecular formula is C18H25NO2. The van der Waals surface area contributed by atoms with Gasteiger partial charge in [-0.15, -0.1) is 0 Å². The molecule has 1 aromatic heterocycles. The van der Waals surface area contributed by atoms with Crippen molar-refractivity contribution < 1.29 is 9.53 Å². The Labute approximate surface area is 126 Å². The first-order valence-corrected chi connectivity index (χ1v) is 7.79. The number of hydrogen-bond donors (Lipinski definition) is 1. The Hall–Kier alpha value is -1.77. The van der Waals surface area contributed by atoms with E-state index in [-0.39, 0.29) is 5.97 Å². The highest BCUT2D eigenvalue weighted by Gasteiger charge is 2.20. The number of nitrogens with one attached hydrogen (secondary N) is 1. The summed E-state index contributed by atoms with van der Waals surface area (Å²) in [4.78, 5) is 15.5. The predicted octanol–water partition coefficient (Wildman–Crippen LogP) is 4.69. The van der Waals surface area contributed by atoms with Crippen molar-refractivity contribution in [2.24, 2.45) is 0 Å². The molecule has 2 rings (SSSR count). The number of aryl methyl sites for hydroxylation is 3. The molecule has 21 heavy (non-hydrogen) atoms. The number of hydrogen-bond acceptors (Lipinski definition) is 2. The fraction of sp³-hybridized carbons (Fsp3) is 0.500. The van der Waals surface area contributed by atoms with Crippen LogP contribution in [0.1, 0.15) is 59.8 Å². The summed E-state index contributed by atoms with van der Waals surface area (Å²) in [5.41, 5.74) is 5.07. The van der Waals surface area contributed by atoms with Crippen molar-refractivity contribution >= 4 is 16.9 Å². The van der Waals surface area contributed by atoms with Gasteiger partial charge in [-0.3, -0.25) is 0 Å². The lowest BCUT2D eigenvalue weighted by Crippen LogP contribution is -2.03. The van der Waals surface area contributed by atoms with Gasteiger partial charge in [0.25, 0.3) is 0 Å². The van der Waals surface area contributed by atoms with Gasteiger partial charge in [-0.05, 0) is 37.8 Å².